The number of nitrogens with zero attached hydrogens (tertiary/aromatic N) is 1. The first kappa shape index (κ1) is 10.8. The summed E-state index contributed by atoms with van der Waals surface area (Å²) in [4.78, 5) is 11.2. The van der Waals surface area contributed by atoms with Crippen molar-refractivity contribution in [2.75, 3.05) is 5.32 Å². The van der Waals surface area contributed by atoms with Gasteiger partial charge >= 0.3 is 6.03 Å². The zero-order chi connectivity index (χ0) is 11.1. The molecule has 0 fully saturated rings. The van der Waals surface area contributed by atoms with Crippen molar-refractivity contribution >= 4 is 11.7 Å². The van der Waals surface area contributed by atoms with Gasteiger partial charge in [-0.05, 0) is 31.2 Å². The molecule has 0 saturated heterocycles. The maximum atomic E-state index is 11.2. The van der Waals surface area contributed by atoms with Crippen LogP contribution in [0.3, 0.4) is 0 Å². The summed E-state index contributed by atoms with van der Waals surface area (Å²) in [5.74, 6) is 0. The molecule has 0 aliphatic heterocycles. The zero-order valence-electron chi connectivity index (χ0n) is 8.32. The van der Waals surface area contributed by atoms with Crippen LogP contribution < -0.4 is 10.6 Å². The predicted molar refractivity (Wildman–Crippen MR) is 58.1 cm³/mol. The van der Waals surface area contributed by atoms with Crippen molar-refractivity contribution < 1.29 is 4.79 Å². The monoisotopic (exact) mass is 201 g/mol. The largest absolute Gasteiger partial charge is 0.323 e. The van der Waals surface area contributed by atoms with E-state index in [-0.39, 0.29) is 6.03 Å². The highest BCUT2D eigenvalue weighted by molar-refractivity contribution is 5.89. The minimum absolute atomic E-state index is 0.308. The molecule has 1 rings (SSSR count). The molecule has 0 spiro atoms. The number of hydrogen-bond donors (Lipinski definition) is 2. The maximum Gasteiger partial charge on any atom is 0.323 e. The van der Waals surface area contributed by atoms with Crippen molar-refractivity contribution in [2.24, 2.45) is 0 Å². The summed E-state index contributed by atoms with van der Waals surface area (Å²) in [7, 11) is 0. The normalized spacial score (nSPS) is 9.60. The molecule has 4 nitrogen and oxygen atoms in total. The molecule has 1 aromatic rings. The van der Waals surface area contributed by atoms with Gasteiger partial charge in [0.05, 0.1) is 11.6 Å². The van der Waals surface area contributed by atoms with Crippen LogP contribution in [0.1, 0.15) is 12.5 Å². The standard InChI is InChI=1S/C11H11N3O/c1-2-7-13-11(15)14-10-5-3-9(8-12)4-6-10/h2-7H,1H3,(H2,13,14,15)/b7-2+. The van der Waals surface area contributed by atoms with E-state index in [4.69, 9.17) is 5.26 Å². The fraction of sp³-hybridized carbons (Fsp3) is 0.0909. The summed E-state index contributed by atoms with van der Waals surface area (Å²) in [6, 6.07) is 8.33. The Morgan fingerprint density at radius 1 is 1.40 bits per heavy atom. The molecule has 0 aliphatic rings. The van der Waals surface area contributed by atoms with Crippen molar-refractivity contribution in [3.8, 4) is 6.07 Å². The minimum Gasteiger partial charge on any atom is -0.315 e. The molecule has 0 heterocycles. The number of urea groups is 1. The Balaban J connectivity index is 2.58. The lowest BCUT2D eigenvalue weighted by Crippen LogP contribution is -2.23. The van der Waals surface area contributed by atoms with Gasteiger partial charge in [-0.1, -0.05) is 6.08 Å². The molecule has 0 aromatic heterocycles. The Morgan fingerprint density at radius 3 is 2.60 bits per heavy atom. The van der Waals surface area contributed by atoms with E-state index in [0.717, 1.165) is 0 Å². The minimum atomic E-state index is -0.308. The number of amides is 2. The number of allylic oxidation sites excluding steroid dienone is 1. The molecule has 15 heavy (non-hydrogen) atoms. The van der Waals surface area contributed by atoms with Crippen molar-refractivity contribution in [1.82, 2.24) is 5.32 Å². The van der Waals surface area contributed by atoms with Gasteiger partial charge in [0.2, 0.25) is 0 Å². The lowest BCUT2D eigenvalue weighted by Gasteiger charge is -2.03. The number of benzene rings is 1. The van der Waals surface area contributed by atoms with Gasteiger partial charge in [-0.25, -0.2) is 4.79 Å². The third-order valence-corrected chi connectivity index (χ3v) is 1.65. The van der Waals surface area contributed by atoms with Crippen molar-refractivity contribution in [3.05, 3.63) is 42.1 Å². The smallest absolute Gasteiger partial charge is 0.315 e. The average molecular weight is 201 g/mol. The summed E-state index contributed by atoms with van der Waals surface area (Å²) in [5, 5.41) is 13.7. The molecule has 1 aromatic carbocycles. The fourth-order valence-corrected chi connectivity index (χ4v) is 0.954. The molecule has 0 saturated carbocycles. The van der Waals surface area contributed by atoms with Crippen molar-refractivity contribution in [1.29, 1.82) is 5.26 Å². The van der Waals surface area contributed by atoms with Crippen LogP contribution in [0.25, 0.3) is 0 Å². The topological polar surface area (TPSA) is 64.9 Å². The molecule has 4 heteroatoms. The first-order chi connectivity index (χ1) is 7.26. The molecule has 0 atom stereocenters. The number of anilines is 1. The summed E-state index contributed by atoms with van der Waals surface area (Å²) >= 11 is 0. The molecule has 0 unspecified atom stereocenters. The molecule has 2 N–H and O–H groups in total. The lowest BCUT2D eigenvalue weighted by molar-refractivity contribution is 0.255. The van der Waals surface area contributed by atoms with Crippen LogP contribution >= 0.6 is 0 Å². The Labute approximate surface area is 88.2 Å². The first-order valence-corrected chi connectivity index (χ1v) is 4.45. The van der Waals surface area contributed by atoms with Gasteiger partial charge in [-0.15, -0.1) is 0 Å². The first-order valence-electron chi connectivity index (χ1n) is 4.45. The molecule has 0 aliphatic carbocycles. The van der Waals surface area contributed by atoms with E-state index in [1.54, 1.807) is 36.5 Å². The Kier molecular flexibility index (Phi) is 3.92. The SMILES string of the molecule is C/C=C/NC(=O)Nc1ccc(C#N)cc1. The second-order valence-electron chi connectivity index (χ2n) is 2.79. The Morgan fingerprint density at radius 2 is 2.07 bits per heavy atom. The Hall–Kier alpha value is -2.28. The molecular weight excluding hydrogens is 190 g/mol. The van der Waals surface area contributed by atoms with Crippen LogP contribution in [-0.4, -0.2) is 6.03 Å². The number of nitriles is 1. The van der Waals surface area contributed by atoms with Crippen LogP contribution in [-0.2, 0) is 0 Å². The van der Waals surface area contributed by atoms with E-state index in [2.05, 4.69) is 10.6 Å². The van der Waals surface area contributed by atoms with Crippen LogP contribution in [0.4, 0.5) is 10.5 Å². The molecule has 2 amide bonds. The van der Waals surface area contributed by atoms with Crippen LogP contribution in [0.2, 0.25) is 0 Å². The Bertz CT molecular complexity index is 401. The van der Waals surface area contributed by atoms with E-state index < -0.39 is 0 Å². The van der Waals surface area contributed by atoms with E-state index in [1.165, 1.54) is 0 Å². The van der Waals surface area contributed by atoms with Crippen LogP contribution in [0, 0.1) is 11.3 Å². The summed E-state index contributed by atoms with van der Waals surface area (Å²) < 4.78 is 0. The van der Waals surface area contributed by atoms with Gasteiger partial charge in [0.15, 0.2) is 0 Å². The van der Waals surface area contributed by atoms with Crippen molar-refractivity contribution in [2.45, 2.75) is 6.92 Å². The summed E-state index contributed by atoms with van der Waals surface area (Å²) in [6.45, 7) is 1.81. The maximum absolute atomic E-state index is 11.2. The molecule has 76 valence electrons. The third kappa shape index (κ3) is 3.53. The molecular formula is C11H11N3O. The van der Waals surface area contributed by atoms with Gasteiger partial charge in [0, 0.05) is 11.9 Å². The average Bonchev–Trinajstić information content (AvgIpc) is 2.27. The highest BCUT2D eigenvalue weighted by Gasteiger charge is 1.98. The second-order valence-corrected chi connectivity index (χ2v) is 2.79. The van der Waals surface area contributed by atoms with Crippen LogP contribution in [0.5, 0.6) is 0 Å². The highest BCUT2D eigenvalue weighted by atomic mass is 16.2. The molecule has 0 radical (unpaired) electrons. The third-order valence-electron chi connectivity index (χ3n) is 1.65. The number of hydrogen-bond acceptors (Lipinski definition) is 2. The number of nitrogens with one attached hydrogen (secondary N) is 2. The van der Waals surface area contributed by atoms with E-state index in [1.807, 2.05) is 13.0 Å². The van der Waals surface area contributed by atoms with Gasteiger partial charge < -0.3 is 10.6 Å². The van der Waals surface area contributed by atoms with Crippen molar-refractivity contribution in [3.63, 3.8) is 0 Å². The number of carbonyl (C=O) groups is 1. The quantitative estimate of drug-likeness (QED) is 0.770. The van der Waals surface area contributed by atoms with E-state index >= 15 is 0 Å². The van der Waals surface area contributed by atoms with Crippen LogP contribution in [0.15, 0.2) is 36.5 Å². The van der Waals surface area contributed by atoms with E-state index in [9.17, 15) is 4.79 Å². The van der Waals surface area contributed by atoms with Gasteiger partial charge in [-0.3, -0.25) is 0 Å². The summed E-state index contributed by atoms with van der Waals surface area (Å²) in [6.07, 6.45) is 3.26. The van der Waals surface area contributed by atoms with Gasteiger partial charge in [0.1, 0.15) is 0 Å². The number of rotatable bonds is 2. The van der Waals surface area contributed by atoms with Gasteiger partial charge in [0.25, 0.3) is 0 Å². The van der Waals surface area contributed by atoms with Gasteiger partial charge in [-0.2, -0.15) is 5.26 Å². The number of carbonyl (C=O) groups excluding carboxylic acids is 1. The second kappa shape index (κ2) is 5.45. The zero-order valence-corrected chi connectivity index (χ0v) is 8.32. The summed E-state index contributed by atoms with van der Waals surface area (Å²) in [5.41, 5.74) is 1.21. The molecule has 0 bridgehead atoms. The predicted octanol–water partition coefficient (Wildman–Crippen LogP) is 2.21. The highest BCUT2D eigenvalue weighted by Crippen LogP contribution is 2.08. The lowest BCUT2D eigenvalue weighted by atomic mass is 10.2. The van der Waals surface area contributed by atoms with E-state index in [0.29, 0.717) is 11.3 Å². The fourth-order valence-electron chi connectivity index (χ4n) is 0.954.